The zero-order valence-corrected chi connectivity index (χ0v) is 12.6. The topological polar surface area (TPSA) is 66.8 Å². The Hall–Kier alpha value is -1.13. The van der Waals surface area contributed by atoms with E-state index in [1.807, 2.05) is 12.2 Å². The fraction of sp³-hybridized carbons (Fsp3) is 0.706. The Kier molecular flexibility index (Phi) is 4.59. The summed E-state index contributed by atoms with van der Waals surface area (Å²) in [7, 11) is 0. The van der Waals surface area contributed by atoms with Gasteiger partial charge in [-0.15, -0.1) is 13.2 Å². The summed E-state index contributed by atoms with van der Waals surface area (Å²) >= 11 is 0. The average molecular weight is 294 g/mol. The van der Waals surface area contributed by atoms with Crippen molar-refractivity contribution in [2.45, 2.75) is 62.6 Å². The lowest BCUT2D eigenvalue weighted by atomic mass is 9.60. The molecule has 0 aromatic rings. The largest absolute Gasteiger partial charge is 0.481 e. The van der Waals surface area contributed by atoms with Gasteiger partial charge in [0.1, 0.15) is 0 Å². The lowest BCUT2D eigenvalue weighted by Crippen LogP contribution is -2.50. The third-order valence-corrected chi connectivity index (χ3v) is 5.35. The highest BCUT2D eigenvalue weighted by Crippen LogP contribution is 2.62. The van der Waals surface area contributed by atoms with E-state index in [1.54, 1.807) is 0 Å². The molecule has 0 spiro atoms. The minimum absolute atomic E-state index is 0.105. The Labute approximate surface area is 126 Å². The molecule has 118 valence electrons. The number of fused-ring (bicyclic) bond motifs is 2. The first-order valence-electron chi connectivity index (χ1n) is 7.76. The minimum atomic E-state index is -0.889. The molecule has 4 heteroatoms. The van der Waals surface area contributed by atoms with Gasteiger partial charge in [0.05, 0.1) is 23.2 Å². The summed E-state index contributed by atoms with van der Waals surface area (Å²) in [6.07, 6.45) is 8.89. The van der Waals surface area contributed by atoms with Gasteiger partial charge in [0.2, 0.25) is 0 Å². The molecule has 2 rings (SSSR count). The molecule has 4 nitrogen and oxygen atoms in total. The maximum absolute atomic E-state index is 12.1. The fourth-order valence-corrected chi connectivity index (χ4v) is 4.35. The van der Waals surface area contributed by atoms with Crippen molar-refractivity contribution in [1.82, 2.24) is 0 Å². The van der Waals surface area contributed by atoms with Gasteiger partial charge in [-0.05, 0) is 51.4 Å². The Morgan fingerprint density at radius 1 is 1.19 bits per heavy atom. The average Bonchev–Trinajstić information content (AvgIpc) is 2.69. The van der Waals surface area contributed by atoms with Crippen LogP contribution in [0, 0.1) is 5.41 Å². The van der Waals surface area contributed by atoms with Gasteiger partial charge in [-0.25, -0.2) is 0 Å². The van der Waals surface area contributed by atoms with E-state index in [4.69, 9.17) is 4.74 Å². The molecule has 1 aliphatic heterocycles. The number of aliphatic hydroxyl groups is 1. The van der Waals surface area contributed by atoms with E-state index >= 15 is 0 Å². The Balaban J connectivity index is 2.45. The lowest BCUT2D eigenvalue weighted by Gasteiger charge is -2.41. The Morgan fingerprint density at radius 2 is 1.81 bits per heavy atom. The highest BCUT2D eigenvalue weighted by Gasteiger charge is 2.68. The van der Waals surface area contributed by atoms with E-state index in [0.717, 1.165) is 12.8 Å². The van der Waals surface area contributed by atoms with Crippen molar-refractivity contribution in [1.29, 1.82) is 0 Å². The second-order valence-corrected chi connectivity index (χ2v) is 6.51. The number of carboxylic acids is 1. The van der Waals surface area contributed by atoms with Crippen molar-refractivity contribution >= 4 is 5.97 Å². The smallest absolute Gasteiger partial charge is 0.312 e. The molecule has 1 saturated heterocycles. The summed E-state index contributed by atoms with van der Waals surface area (Å²) in [6.45, 7) is 7.40. The van der Waals surface area contributed by atoms with Crippen LogP contribution in [-0.2, 0) is 9.53 Å². The molecule has 0 aromatic heterocycles. The van der Waals surface area contributed by atoms with Crippen LogP contribution >= 0.6 is 0 Å². The second kappa shape index (κ2) is 5.93. The first-order chi connectivity index (χ1) is 10.00. The number of carboxylic acid groups (broad SMARTS) is 1. The van der Waals surface area contributed by atoms with Crippen LogP contribution in [0.3, 0.4) is 0 Å². The normalized spacial score (nSPS) is 33.6. The van der Waals surface area contributed by atoms with Gasteiger partial charge in [0.25, 0.3) is 0 Å². The maximum atomic E-state index is 12.1. The van der Waals surface area contributed by atoms with Gasteiger partial charge >= 0.3 is 5.97 Å². The van der Waals surface area contributed by atoms with Crippen molar-refractivity contribution in [3.63, 3.8) is 0 Å². The first kappa shape index (κ1) is 16.2. The summed E-state index contributed by atoms with van der Waals surface area (Å²) in [5.41, 5.74) is -2.29. The predicted octanol–water partition coefficient (Wildman–Crippen LogP) is 3.06. The van der Waals surface area contributed by atoms with Crippen LogP contribution in [0.4, 0.5) is 0 Å². The third kappa shape index (κ3) is 2.44. The molecule has 21 heavy (non-hydrogen) atoms. The number of hydrogen-bond donors (Lipinski definition) is 2. The molecule has 0 aromatic carbocycles. The van der Waals surface area contributed by atoms with Crippen molar-refractivity contribution in [3.8, 4) is 0 Å². The summed E-state index contributed by atoms with van der Waals surface area (Å²) in [5.74, 6) is -0.786. The number of hydrogen-bond acceptors (Lipinski definition) is 3. The quantitative estimate of drug-likeness (QED) is 0.675. The van der Waals surface area contributed by atoms with E-state index in [0.29, 0.717) is 38.5 Å². The molecule has 2 N–H and O–H groups in total. The van der Waals surface area contributed by atoms with Crippen molar-refractivity contribution in [2.24, 2.45) is 5.41 Å². The molecule has 0 unspecified atom stereocenters. The number of rotatable bonds is 8. The molecule has 1 heterocycles. The standard InChI is InChI=1S/C17H26O4/c1-3-5-10-17(11-6-4-2)16(14(19)20)9-7-8-15(12-16,13-18)21-17/h3-4,18H,1-2,5-13H2,(H,19,20)/t15-,16+/m1/s1. The number of ether oxygens (including phenoxy) is 1. The number of aliphatic hydroxyl groups excluding tert-OH is 1. The molecule has 2 fully saturated rings. The highest BCUT2D eigenvalue weighted by atomic mass is 16.5. The van der Waals surface area contributed by atoms with Gasteiger partial charge in [-0.1, -0.05) is 12.2 Å². The van der Waals surface area contributed by atoms with Gasteiger partial charge in [0.15, 0.2) is 0 Å². The van der Waals surface area contributed by atoms with Gasteiger partial charge in [-0.2, -0.15) is 0 Å². The SMILES string of the molecule is C=CCCC1(CCC=C)O[C@]2(CO)CCC[C@@]1(C(=O)O)C2. The van der Waals surface area contributed by atoms with Crippen LogP contribution in [0.1, 0.15) is 51.4 Å². The van der Waals surface area contributed by atoms with E-state index in [1.165, 1.54) is 0 Å². The summed E-state index contributed by atoms with van der Waals surface area (Å²) in [4.78, 5) is 12.1. The molecular formula is C17H26O4. The van der Waals surface area contributed by atoms with Crippen LogP contribution in [0.25, 0.3) is 0 Å². The van der Waals surface area contributed by atoms with Crippen LogP contribution in [-0.4, -0.2) is 34.0 Å². The molecule has 1 aliphatic carbocycles. The van der Waals surface area contributed by atoms with E-state index in [9.17, 15) is 15.0 Å². The molecule has 2 aliphatic rings. The molecule has 0 radical (unpaired) electrons. The zero-order valence-electron chi connectivity index (χ0n) is 12.6. The molecule has 0 amide bonds. The summed E-state index contributed by atoms with van der Waals surface area (Å²) in [6, 6.07) is 0. The third-order valence-electron chi connectivity index (χ3n) is 5.35. The van der Waals surface area contributed by atoms with E-state index in [2.05, 4.69) is 13.2 Å². The van der Waals surface area contributed by atoms with Crippen molar-refractivity contribution in [2.75, 3.05) is 6.61 Å². The maximum Gasteiger partial charge on any atom is 0.312 e. The molecule has 1 saturated carbocycles. The van der Waals surface area contributed by atoms with Crippen molar-refractivity contribution < 1.29 is 19.7 Å². The van der Waals surface area contributed by atoms with Crippen molar-refractivity contribution in [3.05, 3.63) is 25.3 Å². The predicted molar refractivity (Wildman–Crippen MR) is 81.0 cm³/mol. The van der Waals surface area contributed by atoms with E-state index < -0.39 is 22.6 Å². The molecular weight excluding hydrogens is 268 g/mol. The lowest BCUT2D eigenvalue weighted by molar-refractivity contribution is -0.170. The Morgan fingerprint density at radius 3 is 2.29 bits per heavy atom. The summed E-state index contributed by atoms with van der Waals surface area (Å²) in [5, 5.41) is 19.7. The first-order valence-corrected chi connectivity index (χ1v) is 7.76. The minimum Gasteiger partial charge on any atom is -0.481 e. The highest BCUT2D eigenvalue weighted by molar-refractivity contribution is 5.77. The molecule has 2 bridgehead atoms. The van der Waals surface area contributed by atoms with Gasteiger partial charge < -0.3 is 14.9 Å². The number of allylic oxidation sites excluding steroid dienone is 2. The molecule has 2 atom stereocenters. The second-order valence-electron chi connectivity index (χ2n) is 6.51. The van der Waals surface area contributed by atoms with Crippen LogP contribution in [0.5, 0.6) is 0 Å². The van der Waals surface area contributed by atoms with Crippen LogP contribution in [0.15, 0.2) is 25.3 Å². The van der Waals surface area contributed by atoms with Gasteiger partial charge in [-0.3, -0.25) is 4.79 Å². The number of aliphatic carboxylic acids is 1. The monoisotopic (exact) mass is 294 g/mol. The zero-order chi connectivity index (χ0) is 15.6. The van der Waals surface area contributed by atoms with Crippen LogP contribution in [0.2, 0.25) is 0 Å². The van der Waals surface area contributed by atoms with Crippen LogP contribution < -0.4 is 0 Å². The fourth-order valence-electron chi connectivity index (χ4n) is 4.35. The van der Waals surface area contributed by atoms with Gasteiger partial charge in [0, 0.05) is 0 Å². The van der Waals surface area contributed by atoms with E-state index in [-0.39, 0.29) is 6.61 Å². The number of carbonyl (C=O) groups is 1. The summed E-state index contributed by atoms with van der Waals surface area (Å²) < 4.78 is 6.35. The Bertz CT molecular complexity index is 419.